The lowest BCUT2D eigenvalue weighted by Crippen LogP contribution is -2.10. The summed E-state index contributed by atoms with van der Waals surface area (Å²) >= 11 is 5.81. The van der Waals surface area contributed by atoms with Crippen LogP contribution in [-0.2, 0) is 0 Å². The molecule has 0 aromatic carbocycles. The molecule has 0 aromatic rings. The average Bonchev–Trinajstić information content (AvgIpc) is 1.83. The monoisotopic (exact) mass is 158 g/mol. The summed E-state index contributed by atoms with van der Waals surface area (Å²) < 4.78 is 0. The van der Waals surface area contributed by atoms with Gasteiger partial charge < -0.3 is 0 Å². The third-order valence-corrected chi connectivity index (χ3v) is 2.56. The average molecular weight is 159 g/mol. The van der Waals surface area contributed by atoms with Crippen molar-refractivity contribution in [2.45, 2.75) is 32.6 Å². The first kappa shape index (κ1) is 8.13. The Bertz CT molecular complexity index is 127. The Balaban J connectivity index is 2.32. The minimum Gasteiger partial charge on any atom is -0.126 e. The van der Waals surface area contributed by atoms with Crippen LogP contribution in [0.15, 0.2) is 11.6 Å². The van der Waals surface area contributed by atoms with Crippen LogP contribution in [0.2, 0.25) is 0 Å². The van der Waals surface area contributed by atoms with Gasteiger partial charge in [-0.15, -0.1) is 11.6 Å². The van der Waals surface area contributed by atoms with Crippen molar-refractivity contribution < 1.29 is 0 Å². The molecule has 58 valence electrons. The number of hydrogen-bond acceptors (Lipinski definition) is 0. The van der Waals surface area contributed by atoms with Gasteiger partial charge in [-0.2, -0.15) is 0 Å². The molecule has 0 amide bonds. The summed E-state index contributed by atoms with van der Waals surface area (Å²) in [5.74, 6) is 1.51. The fourth-order valence-corrected chi connectivity index (χ4v) is 1.74. The maximum atomic E-state index is 5.81. The summed E-state index contributed by atoms with van der Waals surface area (Å²) in [5, 5.41) is 0. The molecule has 0 fully saturated rings. The van der Waals surface area contributed by atoms with Crippen molar-refractivity contribution in [2.75, 3.05) is 5.88 Å². The van der Waals surface area contributed by atoms with Gasteiger partial charge in [0.1, 0.15) is 0 Å². The molecule has 0 bridgehead atoms. The molecule has 1 aliphatic carbocycles. The molecule has 1 heteroatoms. The van der Waals surface area contributed by atoms with Crippen molar-refractivity contribution in [2.24, 2.45) is 5.92 Å². The lowest BCUT2D eigenvalue weighted by Gasteiger charge is -2.22. The molecule has 1 aliphatic rings. The lowest BCUT2D eigenvalue weighted by atomic mass is 9.85. The van der Waals surface area contributed by atoms with Crippen LogP contribution in [0.4, 0.5) is 0 Å². The van der Waals surface area contributed by atoms with E-state index in [9.17, 15) is 0 Å². The maximum absolute atomic E-state index is 5.81. The second-order valence-corrected chi connectivity index (χ2v) is 3.27. The number of allylic oxidation sites excluding steroid dienone is 2. The van der Waals surface area contributed by atoms with Crippen LogP contribution in [0.5, 0.6) is 0 Å². The Morgan fingerprint density at radius 3 is 2.70 bits per heavy atom. The molecule has 1 rings (SSSR count). The predicted molar refractivity (Wildman–Crippen MR) is 46.4 cm³/mol. The molecule has 0 N–H and O–H groups in total. The van der Waals surface area contributed by atoms with Crippen LogP contribution >= 0.6 is 11.6 Å². The zero-order valence-electron chi connectivity index (χ0n) is 6.57. The number of hydrogen-bond donors (Lipinski definition) is 0. The normalized spacial score (nSPS) is 19.6. The Labute approximate surface area is 68.3 Å². The van der Waals surface area contributed by atoms with Gasteiger partial charge in [-0.3, -0.25) is 0 Å². The standard InChI is InChI=1S/C9H15Cl/c1-2-4-9(7-10)8-5-3-6-8/h5,9H,2-4,6-7H2,1H3. The summed E-state index contributed by atoms with van der Waals surface area (Å²) in [6, 6.07) is 0. The van der Waals surface area contributed by atoms with E-state index in [4.69, 9.17) is 11.6 Å². The Hall–Kier alpha value is 0.0300. The SMILES string of the molecule is CCCC(CCl)C1=CCC1. The second kappa shape index (κ2) is 4.02. The number of halogens is 1. The summed E-state index contributed by atoms with van der Waals surface area (Å²) in [4.78, 5) is 0. The highest BCUT2D eigenvalue weighted by atomic mass is 35.5. The quantitative estimate of drug-likeness (QED) is 0.435. The number of rotatable bonds is 4. The third kappa shape index (κ3) is 1.76. The molecule has 10 heavy (non-hydrogen) atoms. The van der Waals surface area contributed by atoms with Crippen LogP contribution in [0, 0.1) is 5.92 Å². The van der Waals surface area contributed by atoms with Crippen molar-refractivity contribution in [3.05, 3.63) is 11.6 Å². The van der Waals surface area contributed by atoms with Gasteiger partial charge in [0.25, 0.3) is 0 Å². The fraction of sp³-hybridized carbons (Fsp3) is 0.778. The Morgan fingerprint density at radius 1 is 1.70 bits per heavy atom. The molecule has 0 aromatic heterocycles. The smallest absolute Gasteiger partial charge is 0.0289 e. The van der Waals surface area contributed by atoms with Crippen molar-refractivity contribution in [1.82, 2.24) is 0 Å². The summed E-state index contributed by atoms with van der Waals surface area (Å²) in [6.45, 7) is 2.22. The van der Waals surface area contributed by atoms with Crippen LogP contribution in [0.3, 0.4) is 0 Å². The fourth-order valence-electron chi connectivity index (χ4n) is 1.39. The molecule has 0 radical (unpaired) electrons. The summed E-state index contributed by atoms with van der Waals surface area (Å²) in [6.07, 6.45) is 7.45. The van der Waals surface area contributed by atoms with E-state index in [-0.39, 0.29) is 0 Å². The van der Waals surface area contributed by atoms with E-state index in [0.717, 1.165) is 5.88 Å². The predicted octanol–water partition coefficient (Wildman–Crippen LogP) is 3.36. The first-order chi connectivity index (χ1) is 4.88. The minimum absolute atomic E-state index is 0.695. The second-order valence-electron chi connectivity index (χ2n) is 2.96. The van der Waals surface area contributed by atoms with Gasteiger partial charge in [0, 0.05) is 5.88 Å². The van der Waals surface area contributed by atoms with Crippen molar-refractivity contribution in [1.29, 1.82) is 0 Å². The van der Waals surface area contributed by atoms with Crippen LogP contribution in [-0.4, -0.2) is 5.88 Å². The zero-order chi connectivity index (χ0) is 7.40. The van der Waals surface area contributed by atoms with Gasteiger partial charge in [0.05, 0.1) is 0 Å². The van der Waals surface area contributed by atoms with Crippen molar-refractivity contribution in [3.63, 3.8) is 0 Å². The molecular weight excluding hydrogens is 144 g/mol. The minimum atomic E-state index is 0.695. The molecule has 0 aliphatic heterocycles. The largest absolute Gasteiger partial charge is 0.126 e. The zero-order valence-corrected chi connectivity index (χ0v) is 7.32. The van der Waals surface area contributed by atoms with E-state index >= 15 is 0 Å². The summed E-state index contributed by atoms with van der Waals surface area (Å²) in [7, 11) is 0. The van der Waals surface area contributed by atoms with E-state index in [2.05, 4.69) is 13.0 Å². The topological polar surface area (TPSA) is 0 Å². The van der Waals surface area contributed by atoms with Gasteiger partial charge in [-0.25, -0.2) is 0 Å². The van der Waals surface area contributed by atoms with Gasteiger partial charge in [-0.05, 0) is 25.2 Å². The van der Waals surface area contributed by atoms with E-state index in [1.54, 1.807) is 5.57 Å². The van der Waals surface area contributed by atoms with E-state index in [0.29, 0.717) is 5.92 Å². The van der Waals surface area contributed by atoms with Crippen LogP contribution in [0.25, 0.3) is 0 Å². The summed E-state index contributed by atoms with van der Waals surface area (Å²) in [5.41, 5.74) is 1.61. The first-order valence-electron chi connectivity index (χ1n) is 4.13. The van der Waals surface area contributed by atoms with Gasteiger partial charge in [0.15, 0.2) is 0 Å². The van der Waals surface area contributed by atoms with Crippen molar-refractivity contribution >= 4 is 11.6 Å². The highest BCUT2D eigenvalue weighted by Crippen LogP contribution is 2.29. The molecule has 0 saturated heterocycles. The van der Waals surface area contributed by atoms with Gasteiger partial charge in [0.2, 0.25) is 0 Å². The van der Waals surface area contributed by atoms with Crippen LogP contribution in [0.1, 0.15) is 32.6 Å². The molecule has 0 spiro atoms. The highest BCUT2D eigenvalue weighted by Gasteiger charge is 2.15. The van der Waals surface area contributed by atoms with Gasteiger partial charge >= 0.3 is 0 Å². The molecule has 0 nitrogen and oxygen atoms in total. The first-order valence-corrected chi connectivity index (χ1v) is 4.66. The van der Waals surface area contributed by atoms with Crippen LogP contribution < -0.4 is 0 Å². The van der Waals surface area contributed by atoms with E-state index < -0.39 is 0 Å². The van der Waals surface area contributed by atoms with Crippen molar-refractivity contribution in [3.8, 4) is 0 Å². The molecule has 1 atom stereocenters. The van der Waals surface area contributed by atoms with E-state index in [1.165, 1.54) is 25.7 Å². The maximum Gasteiger partial charge on any atom is 0.0289 e. The van der Waals surface area contributed by atoms with Gasteiger partial charge in [-0.1, -0.05) is 25.0 Å². The van der Waals surface area contributed by atoms with E-state index in [1.807, 2.05) is 0 Å². The Morgan fingerprint density at radius 2 is 2.40 bits per heavy atom. The molecular formula is C9H15Cl. The molecule has 0 saturated carbocycles. The molecule has 0 heterocycles. The lowest BCUT2D eigenvalue weighted by molar-refractivity contribution is 0.560. The number of alkyl halides is 1. The third-order valence-electron chi connectivity index (χ3n) is 2.19. The molecule has 1 unspecified atom stereocenters. The highest BCUT2D eigenvalue weighted by molar-refractivity contribution is 6.18. The Kier molecular flexibility index (Phi) is 3.27.